The van der Waals surface area contributed by atoms with Crippen LogP contribution in [0.25, 0.3) is 0 Å². The lowest BCUT2D eigenvalue weighted by Gasteiger charge is -2.39. The number of nitrogens with zero attached hydrogens (tertiary/aromatic N) is 1. The molecule has 3 heteroatoms. The molecule has 21 heavy (non-hydrogen) atoms. The number of nitrogens with one attached hydrogen (secondary N) is 1. The Labute approximate surface area is 129 Å². The molecular weight excluding hydrogens is 260 g/mol. The summed E-state index contributed by atoms with van der Waals surface area (Å²) in [7, 11) is 0. The minimum absolute atomic E-state index is 0.183. The number of ether oxygens (including phenoxy) is 1. The Morgan fingerprint density at radius 3 is 2.29 bits per heavy atom. The third kappa shape index (κ3) is 5.66. The van der Waals surface area contributed by atoms with Crippen LogP contribution in [0.3, 0.4) is 0 Å². The smallest absolute Gasteiger partial charge is 0.213 e. The largest absolute Gasteiger partial charge is 0.474 e. The second-order valence-electron chi connectivity index (χ2n) is 8.54. The number of rotatable bonds is 4. The van der Waals surface area contributed by atoms with Gasteiger partial charge in [-0.3, -0.25) is 0 Å². The van der Waals surface area contributed by atoms with Gasteiger partial charge in [0.1, 0.15) is 6.10 Å². The van der Waals surface area contributed by atoms with Crippen molar-refractivity contribution in [3.63, 3.8) is 0 Å². The lowest BCUT2D eigenvalue weighted by atomic mass is 9.87. The van der Waals surface area contributed by atoms with Gasteiger partial charge in [0, 0.05) is 23.8 Å². The topological polar surface area (TPSA) is 34.1 Å². The molecule has 1 N–H and O–H groups in total. The van der Waals surface area contributed by atoms with Crippen molar-refractivity contribution in [2.45, 2.75) is 78.5 Å². The zero-order valence-corrected chi connectivity index (χ0v) is 14.4. The molecule has 0 amide bonds. The molecule has 118 valence electrons. The Morgan fingerprint density at radius 1 is 1.14 bits per heavy atom. The zero-order chi connectivity index (χ0) is 15.7. The normalized spacial score (nSPS) is 22.8. The van der Waals surface area contributed by atoms with Crippen molar-refractivity contribution in [3.8, 4) is 5.88 Å². The maximum Gasteiger partial charge on any atom is 0.213 e. The Morgan fingerprint density at radius 2 is 1.81 bits per heavy atom. The molecule has 0 bridgehead atoms. The van der Waals surface area contributed by atoms with Crippen LogP contribution in [0.5, 0.6) is 5.88 Å². The highest BCUT2D eigenvalue weighted by atomic mass is 16.5. The van der Waals surface area contributed by atoms with Gasteiger partial charge in [-0.05, 0) is 51.0 Å². The van der Waals surface area contributed by atoms with Gasteiger partial charge in [-0.1, -0.05) is 26.8 Å². The highest BCUT2D eigenvalue weighted by molar-refractivity contribution is 5.19. The second kappa shape index (κ2) is 5.96. The molecule has 0 spiro atoms. The molecule has 1 aromatic heterocycles. The molecule has 1 heterocycles. The first-order valence-corrected chi connectivity index (χ1v) is 8.00. The van der Waals surface area contributed by atoms with E-state index < -0.39 is 0 Å². The number of pyridine rings is 1. The molecule has 0 aromatic carbocycles. The van der Waals surface area contributed by atoms with E-state index in [1.54, 1.807) is 0 Å². The van der Waals surface area contributed by atoms with Crippen molar-refractivity contribution in [2.24, 2.45) is 5.41 Å². The molecule has 1 aliphatic carbocycles. The van der Waals surface area contributed by atoms with Gasteiger partial charge in [0.05, 0.1) is 0 Å². The predicted molar refractivity (Wildman–Crippen MR) is 87.7 cm³/mol. The van der Waals surface area contributed by atoms with Crippen molar-refractivity contribution in [3.05, 3.63) is 23.9 Å². The van der Waals surface area contributed by atoms with Gasteiger partial charge >= 0.3 is 0 Å². The molecule has 2 rings (SSSR count). The number of hydrogen-bond acceptors (Lipinski definition) is 3. The van der Waals surface area contributed by atoms with Gasteiger partial charge in [-0.15, -0.1) is 0 Å². The molecular formula is C18H30N2O. The van der Waals surface area contributed by atoms with Crippen LogP contribution in [0.1, 0.15) is 59.9 Å². The van der Waals surface area contributed by atoms with Crippen LogP contribution >= 0.6 is 0 Å². The average molecular weight is 290 g/mol. The van der Waals surface area contributed by atoms with E-state index in [1.807, 2.05) is 12.3 Å². The van der Waals surface area contributed by atoms with Crippen LogP contribution in [0.4, 0.5) is 0 Å². The third-order valence-corrected chi connectivity index (χ3v) is 3.55. The van der Waals surface area contributed by atoms with E-state index in [0.29, 0.717) is 17.6 Å². The fourth-order valence-electron chi connectivity index (χ4n) is 2.76. The van der Waals surface area contributed by atoms with E-state index in [2.05, 4.69) is 57.9 Å². The van der Waals surface area contributed by atoms with E-state index >= 15 is 0 Å². The maximum absolute atomic E-state index is 5.93. The molecule has 0 saturated heterocycles. The third-order valence-electron chi connectivity index (χ3n) is 3.55. The molecule has 0 radical (unpaired) electrons. The molecule has 1 fully saturated rings. The summed E-state index contributed by atoms with van der Waals surface area (Å²) in [5.74, 6) is 0.756. The lowest BCUT2D eigenvalue weighted by molar-refractivity contribution is 0.0694. The van der Waals surface area contributed by atoms with Crippen LogP contribution in [0, 0.1) is 5.41 Å². The SMILES string of the molecule is CC(C)(C)Cc1ccc(OC2CC(NC(C)(C)C)C2)nc1. The van der Waals surface area contributed by atoms with Crippen molar-refractivity contribution in [1.29, 1.82) is 0 Å². The van der Waals surface area contributed by atoms with Crippen LogP contribution in [0.15, 0.2) is 18.3 Å². The van der Waals surface area contributed by atoms with Crippen molar-refractivity contribution >= 4 is 0 Å². The Kier molecular flexibility index (Phi) is 4.62. The van der Waals surface area contributed by atoms with E-state index in [9.17, 15) is 0 Å². The van der Waals surface area contributed by atoms with Gasteiger partial charge in [0.25, 0.3) is 0 Å². The summed E-state index contributed by atoms with van der Waals surface area (Å²) in [5.41, 5.74) is 1.75. The lowest BCUT2D eigenvalue weighted by Crippen LogP contribution is -2.53. The summed E-state index contributed by atoms with van der Waals surface area (Å²) >= 11 is 0. The summed E-state index contributed by atoms with van der Waals surface area (Å²) in [6.07, 6.45) is 5.45. The van der Waals surface area contributed by atoms with Crippen LogP contribution < -0.4 is 10.1 Å². The summed E-state index contributed by atoms with van der Waals surface area (Å²) in [6.45, 7) is 13.3. The fourth-order valence-corrected chi connectivity index (χ4v) is 2.76. The first-order valence-electron chi connectivity index (χ1n) is 8.00. The highest BCUT2D eigenvalue weighted by Gasteiger charge is 2.33. The summed E-state index contributed by atoms with van der Waals surface area (Å²) in [4.78, 5) is 4.44. The molecule has 3 nitrogen and oxygen atoms in total. The summed E-state index contributed by atoms with van der Waals surface area (Å²) in [6, 6.07) is 4.72. The van der Waals surface area contributed by atoms with Crippen LogP contribution in [0.2, 0.25) is 0 Å². The minimum atomic E-state index is 0.183. The van der Waals surface area contributed by atoms with Crippen molar-refractivity contribution in [2.75, 3.05) is 0 Å². The average Bonchev–Trinajstić information content (AvgIpc) is 2.25. The van der Waals surface area contributed by atoms with E-state index in [0.717, 1.165) is 25.1 Å². The standard InChI is InChI=1S/C18H30N2O/c1-17(2,3)11-13-7-8-16(19-12-13)21-15-9-14(10-15)20-18(4,5)6/h7-8,12,14-15,20H,9-11H2,1-6H3. The number of hydrogen-bond donors (Lipinski definition) is 1. The number of aromatic nitrogens is 1. The Bertz CT molecular complexity index is 448. The Balaban J connectivity index is 1.78. The van der Waals surface area contributed by atoms with Gasteiger partial charge < -0.3 is 10.1 Å². The highest BCUT2D eigenvalue weighted by Crippen LogP contribution is 2.27. The van der Waals surface area contributed by atoms with Crippen LogP contribution in [-0.2, 0) is 6.42 Å². The predicted octanol–water partition coefficient (Wildman–Crippen LogP) is 3.97. The molecule has 1 aromatic rings. The monoisotopic (exact) mass is 290 g/mol. The van der Waals surface area contributed by atoms with E-state index in [4.69, 9.17) is 4.74 Å². The molecule has 1 saturated carbocycles. The van der Waals surface area contributed by atoms with Gasteiger partial charge in [-0.25, -0.2) is 4.98 Å². The summed E-state index contributed by atoms with van der Waals surface area (Å²) < 4.78 is 5.93. The first-order chi connectivity index (χ1) is 9.61. The molecule has 1 aliphatic rings. The maximum atomic E-state index is 5.93. The molecule has 0 unspecified atom stereocenters. The van der Waals surface area contributed by atoms with Gasteiger partial charge in [-0.2, -0.15) is 0 Å². The van der Waals surface area contributed by atoms with Crippen LogP contribution in [-0.4, -0.2) is 22.7 Å². The fraction of sp³-hybridized carbons (Fsp3) is 0.722. The van der Waals surface area contributed by atoms with Crippen molar-refractivity contribution in [1.82, 2.24) is 10.3 Å². The van der Waals surface area contributed by atoms with Gasteiger partial charge in [0.2, 0.25) is 5.88 Å². The van der Waals surface area contributed by atoms with Gasteiger partial charge in [0.15, 0.2) is 0 Å². The zero-order valence-electron chi connectivity index (χ0n) is 14.4. The van der Waals surface area contributed by atoms with E-state index in [1.165, 1.54) is 5.56 Å². The molecule has 0 atom stereocenters. The quantitative estimate of drug-likeness (QED) is 0.911. The minimum Gasteiger partial charge on any atom is -0.474 e. The van der Waals surface area contributed by atoms with E-state index in [-0.39, 0.29) is 5.54 Å². The Hall–Kier alpha value is -1.09. The summed E-state index contributed by atoms with van der Waals surface area (Å²) in [5, 5.41) is 3.61. The second-order valence-corrected chi connectivity index (χ2v) is 8.54. The van der Waals surface area contributed by atoms with Crippen molar-refractivity contribution < 1.29 is 4.74 Å². The molecule has 0 aliphatic heterocycles. The first kappa shape index (κ1) is 16.3.